The van der Waals surface area contributed by atoms with Gasteiger partial charge in [0.2, 0.25) is 0 Å². The van der Waals surface area contributed by atoms with Crippen molar-refractivity contribution < 1.29 is 13.2 Å². The second kappa shape index (κ2) is 8.23. The third-order valence-corrected chi connectivity index (χ3v) is 4.15. The zero-order valence-corrected chi connectivity index (χ0v) is 13.0. The molecule has 0 aromatic heterocycles. The Morgan fingerprint density at radius 2 is 1.85 bits per heavy atom. The predicted molar refractivity (Wildman–Crippen MR) is 76.8 cm³/mol. The van der Waals surface area contributed by atoms with E-state index in [1.54, 1.807) is 4.90 Å². The van der Waals surface area contributed by atoms with Gasteiger partial charge in [-0.05, 0) is 45.6 Å². The zero-order valence-electron chi connectivity index (χ0n) is 13.0. The molecule has 0 radical (unpaired) electrons. The number of hydrogen-bond acceptors (Lipinski definition) is 2. The van der Waals surface area contributed by atoms with Crippen molar-refractivity contribution in [1.29, 1.82) is 0 Å². The van der Waals surface area contributed by atoms with Gasteiger partial charge in [-0.3, -0.25) is 4.90 Å². The highest BCUT2D eigenvalue weighted by atomic mass is 19.4. The highest BCUT2D eigenvalue weighted by Gasteiger charge is 2.34. The van der Waals surface area contributed by atoms with Gasteiger partial charge in [0.1, 0.15) is 0 Å². The van der Waals surface area contributed by atoms with E-state index in [9.17, 15) is 13.2 Å². The number of hydrogen-bond donors (Lipinski definition) is 1. The van der Waals surface area contributed by atoms with Gasteiger partial charge >= 0.3 is 6.18 Å². The fourth-order valence-electron chi connectivity index (χ4n) is 3.01. The number of nitrogens with one attached hydrogen (secondary N) is 1. The summed E-state index contributed by atoms with van der Waals surface area (Å²) in [6.07, 6.45) is 1.45. The Hall–Kier alpha value is -0.290. The zero-order chi connectivity index (χ0) is 15.2. The molecule has 0 aromatic carbocycles. The Morgan fingerprint density at radius 3 is 2.40 bits per heavy atom. The van der Waals surface area contributed by atoms with E-state index in [-0.39, 0.29) is 6.04 Å². The van der Waals surface area contributed by atoms with Gasteiger partial charge in [-0.1, -0.05) is 19.8 Å². The lowest BCUT2D eigenvalue weighted by Gasteiger charge is -2.38. The lowest BCUT2D eigenvalue weighted by Crippen LogP contribution is -2.48. The number of alkyl halides is 3. The molecule has 1 aliphatic carbocycles. The monoisotopic (exact) mass is 294 g/mol. The van der Waals surface area contributed by atoms with Crippen LogP contribution in [-0.4, -0.2) is 42.8 Å². The van der Waals surface area contributed by atoms with Crippen LogP contribution in [0, 0.1) is 5.92 Å². The Kier molecular flexibility index (Phi) is 7.30. The van der Waals surface area contributed by atoms with Crippen molar-refractivity contribution in [1.82, 2.24) is 10.2 Å². The molecule has 0 bridgehead atoms. The molecule has 0 amide bonds. The van der Waals surface area contributed by atoms with Crippen LogP contribution in [0.3, 0.4) is 0 Å². The molecule has 120 valence electrons. The summed E-state index contributed by atoms with van der Waals surface area (Å²) >= 11 is 0. The van der Waals surface area contributed by atoms with Crippen molar-refractivity contribution in [2.24, 2.45) is 5.92 Å². The van der Waals surface area contributed by atoms with Gasteiger partial charge in [-0.2, -0.15) is 13.2 Å². The van der Waals surface area contributed by atoms with Crippen LogP contribution < -0.4 is 5.32 Å². The molecule has 1 fully saturated rings. The fourth-order valence-corrected chi connectivity index (χ4v) is 3.01. The average Bonchev–Trinajstić information content (AvgIpc) is 2.35. The summed E-state index contributed by atoms with van der Waals surface area (Å²) in [7, 11) is 0. The quantitative estimate of drug-likeness (QED) is 0.768. The highest BCUT2D eigenvalue weighted by Crippen LogP contribution is 2.27. The van der Waals surface area contributed by atoms with Crippen LogP contribution in [0.4, 0.5) is 13.2 Å². The van der Waals surface area contributed by atoms with Crippen LogP contribution in [-0.2, 0) is 0 Å². The Bertz CT molecular complexity index is 266. The summed E-state index contributed by atoms with van der Waals surface area (Å²) in [6, 6.07) is 0.323. The van der Waals surface area contributed by atoms with Gasteiger partial charge in [0.15, 0.2) is 0 Å². The van der Waals surface area contributed by atoms with Crippen molar-refractivity contribution in [3.8, 4) is 0 Å². The molecule has 0 spiro atoms. The molecule has 1 saturated carbocycles. The Labute approximate surface area is 121 Å². The van der Waals surface area contributed by atoms with Crippen LogP contribution in [0.5, 0.6) is 0 Å². The average molecular weight is 294 g/mol. The molecular weight excluding hydrogens is 265 g/mol. The minimum absolute atomic E-state index is 0.0645. The summed E-state index contributed by atoms with van der Waals surface area (Å²) in [5, 5.41) is 3.52. The topological polar surface area (TPSA) is 15.3 Å². The maximum atomic E-state index is 12.7. The highest BCUT2D eigenvalue weighted by molar-refractivity contribution is 4.84. The summed E-state index contributed by atoms with van der Waals surface area (Å²) in [4.78, 5) is 1.58. The minimum Gasteiger partial charge on any atom is -0.314 e. The van der Waals surface area contributed by atoms with E-state index in [0.717, 1.165) is 32.2 Å². The molecule has 20 heavy (non-hydrogen) atoms. The Balaban J connectivity index is 2.59. The van der Waals surface area contributed by atoms with E-state index < -0.39 is 12.7 Å². The normalized spacial score (nSPS) is 24.6. The molecule has 2 unspecified atom stereocenters. The number of halogens is 3. The van der Waals surface area contributed by atoms with Crippen molar-refractivity contribution in [2.75, 3.05) is 19.6 Å². The third-order valence-electron chi connectivity index (χ3n) is 4.15. The number of rotatable bonds is 7. The number of nitrogens with zero attached hydrogens (tertiary/aromatic N) is 1. The molecule has 0 aliphatic heterocycles. The SMILES string of the molecule is CCCNC1CCCCC1CN(CC(F)(F)F)C(C)C. The van der Waals surface area contributed by atoms with E-state index in [1.807, 2.05) is 13.8 Å². The van der Waals surface area contributed by atoms with Crippen molar-refractivity contribution in [2.45, 2.75) is 71.1 Å². The van der Waals surface area contributed by atoms with Gasteiger partial charge < -0.3 is 5.32 Å². The fraction of sp³-hybridized carbons (Fsp3) is 1.00. The van der Waals surface area contributed by atoms with Crippen molar-refractivity contribution in [3.63, 3.8) is 0 Å². The van der Waals surface area contributed by atoms with Crippen LogP contribution in [0.2, 0.25) is 0 Å². The molecule has 1 N–H and O–H groups in total. The summed E-state index contributed by atoms with van der Waals surface area (Å²) < 4.78 is 38.0. The molecule has 0 aromatic rings. The molecular formula is C15H29F3N2. The predicted octanol–water partition coefficient (Wildman–Crippen LogP) is 3.82. The molecule has 1 rings (SSSR count). The summed E-state index contributed by atoms with van der Waals surface area (Å²) in [6.45, 7) is 6.54. The second-order valence-electron chi connectivity index (χ2n) is 6.24. The first-order valence-electron chi connectivity index (χ1n) is 7.87. The van der Waals surface area contributed by atoms with Crippen LogP contribution in [0.1, 0.15) is 52.9 Å². The second-order valence-corrected chi connectivity index (χ2v) is 6.24. The standard InChI is InChI=1S/C15H29F3N2/c1-4-9-19-14-8-6-5-7-13(14)10-20(12(2)3)11-15(16,17)18/h12-14,19H,4-11H2,1-3H3. The first-order valence-corrected chi connectivity index (χ1v) is 7.87. The smallest absolute Gasteiger partial charge is 0.314 e. The summed E-state index contributed by atoms with van der Waals surface area (Å²) in [5.41, 5.74) is 0. The van der Waals surface area contributed by atoms with Gasteiger partial charge in [0.05, 0.1) is 6.54 Å². The van der Waals surface area contributed by atoms with Crippen LogP contribution in [0.25, 0.3) is 0 Å². The third kappa shape index (κ3) is 6.44. The van der Waals surface area contributed by atoms with Gasteiger partial charge in [-0.25, -0.2) is 0 Å². The molecule has 5 heteroatoms. The van der Waals surface area contributed by atoms with Crippen LogP contribution >= 0.6 is 0 Å². The molecule has 1 aliphatic rings. The lowest BCUT2D eigenvalue weighted by molar-refractivity contribution is -0.151. The minimum atomic E-state index is -4.11. The molecule has 2 atom stereocenters. The van der Waals surface area contributed by atoms with E-state index in [4.69, 9.17) is 0 Å². The molecule has 2 nitrogen and oxygen atoms in total. The maximum absolute atomic E-state index is 12.7. The first kappa shape index (κ1) is 17.8. The van der Waals surface area contributed by atoms with Gasteiger partial charge in [-0.15, -0.1) is 0 Å². The lowest BCUT2D eigenvalue weighted by atomic mass is 9.83. The van der Waals surface area contributed by atoms with E-state index >= 15 is 0 Å². The summed E-state index contributed by atoms with van der Waals surface area (Å²) in [5.74, 6) is 0.347. The van der Waals surface area contributed by atoms with Crippen LogP contribution in [0.15, 0.2) is 0 Å². The van der Waals surface area contributed by atoms with Gasteiger partial charge in [0, 0.05) is 18.6 Å². The Morgan fingerprint density at radius 1 is 1.20 bits per heavy atom. The van der Waals surface area contributed by atoms with Gasteiger partial charge in [0.25, 0.3) is 0 Å². The van der Waals surface area contributed by atoms with E-state index in [0.29, 0.717) is 18.5 Å². The first-order chi connectivity index (χ1) is 9.33. The molecule has 0 saturated heterocycles. The molecule has 0 heterocycles. The van der Waals surface area contributed by atoms with E-state index in [2.05, 4.69) is 12.2 Å². The van der Waals surface area contributed by atoms with Crippen molar-refractivity contribution in [3.05, 3.63) is 0 Å². The van der Waals surface area contributed by atoms with Crippen molar-refractivity contribution >= 4 is 0 Å². The largest absolute Gasteiger partial charge is 0.401 e. The maximum Gasteiger partial charge on any atom is 0.401 e. The van der Waals surface area contributed by atoms with E-state index in [1.165, 1.54) is 6.42 Å².